The van der Waals surface area contributed by atoms with Gasteiger partial charge in [-0.15, -0.1) is 0 Å². The number of aliphatic hydroxyl groups excluding tert-OH is 1. The van der Waals surface area contributed by atoms with Crippen molar-refractivity contribution in [2.24, 2.45) is 5.92 Å². The van der Waals surface area contributed by atoms with Crippen LogP contribution in [0.2, 0.25) is 0 Å². The molecule has 0 radical (unpaired) electrons. The Morgan fingerprint density at radius 2 is 2.20 bits per heavy atom. The first-order chi connectivity index (χ1) is 9.45. The van der Waals surface area contributed by atoms with Gasteiger partial charge in [-0.2, -0.15) is 4.31 Å². The standard InChI is InChI=1S/C13H19BrN2O3S/c14-11-3-4-12(15)13(8-11)20(18,19)16-6-1-2-10(9-16)5-7-17/h3-4,8,10,17H,1-2,5-7,9,15H2. The second-order valence-corrected chi connectivity index (χ2v) is 7.89. The fraction of sp³-hybridized carbons (Fsp3) is 0.538. The molecule has 7 heteroatoms. The first kappa shape index (κ1) is 15.8. The van der Waals surface area contributed by atoms with Crippen LogP contribution in [0.1, 0.15) is 19.3 Å². The van der Waals surface area contributed by atoms with Crippen LogP contribution in [0.25, 0.3) is 0 Å². The highest BCUT2D eigenvalue weighted by molar-refractivity contribution is 9.10. The summed E-state index contributed by atoms with van der Waals surface area (Å²) in [5, 5.41) is 9.01. The van der Waals surface area contributed by atoms with Gasteiger partial charge < -0.3 is 10.8 Å². The topological polar surface area (TPSA) is 83.6 Å². The number of sulfonamides is 1. The molecule has 0 amide bonds. The van der Waals surface area contributed by atoms with Gasteiger partial charge >= 0.3 is 0 Å². The number of benzene rings is 1. The van der Waals surface area contributed by atoms with Crippen LogP contribution in [-0.4, -0.2) is 37.5 Å². The minimum Gasteiger partial charge on any atom is -0.398 e. The molecule has 1 aromatic carbocycles. The molecular formula is C13H19BrN2O3S. The lowest BCUT2D eigenvalue weighted by molar-refractivity contribution is 0.203. The highest BCUT2D eigenvalue weighted by Crippen LogP contribution is 2.29. The minimum absolute atomic E-state index is 0.0948. The quantitative estimate of drug-likeness (QED) is 0.800. The molecule has 5 nitrogen and oxygen atoms in total. The number of halogens is 1. The van der Waals surface area contributed by atoms with Crippen molar-refractivity contribution in [3.8, 4) is 0 Å². The van der Waals surface area contributed by atoms with Crippen molar-refractivity contribution in [3.05, 3.63) is 22.7 Å². The fourth-order valence-electron chi connectivity index (χ4n) is 2.53. The van der Waals surface area contributed by atoms with Crippen LogP contribution in [0.3, 0.4) is 0 Å². The second-order valence-electron chi connectivity index (χ2n) is 5.07. The van der Waals surface area contributed by atoms with E-state index >= 15 is 0 Å². The summed E-state index contributed by atoms with van der Waals surface area (Å²) in [6.45, 7) is 1.06. The summed E-state index contributed by atoms with van der Waals surface area (Å²) in [5.74, 6) is 0.219. The van der Waals surface area contributed by atoms with E-state index in [-0.39, 0.29) is 23.1 Å². The van der Waals surface area contributed by atoms with Gasteiger partial charge in [0.25, 0.3) is 0 Å². The van der Waals surface area contributed by atoms with Gasteiger partial charge in [0.1, 0.15) is 4.90 Å². The molecule has 0 aromatic heterocycles. The van der Waals surface area contributed by atoms with Crippen LogP contribution in [0.5, 0.6) is 0 Å². The van der Waals surface area contributed by atoms with E-state index in [9.17, 15) is 8.42 Å². The number of aliphatic hydroxyl groups is 1. The van der Waals surface area contributed by atoms with Crippen molar-refractivity contribution in [2.45, 2.75) is 24.2 Å². The molecule has 1 saturated heterocycles. The molecular weight excluding hydrogens is 344 g/mol. The fourth-order valence-corrected chi connectivity index (χ4v) is 4.74. The summed E-state index contributed by atoms with van der Waals surface area (Å²) in [4.78, 5) is 0.150. The molecule has 20 heavy (non-hydrogen) atoms. The predicted molar refractivity (Wildman–Crippen MR) is 81.7 cm³/mol. The first-order valence-electron chi connectivity index (χ1n) is 6.61. The van der Waals surface area contributed by atoms with Crippen LogP contribution in [0.4, 0.5) is 5.69 Å². The normalized spacial score (nSPS) is 21.0. The number of anilines is 1. The summed E-state index contributed by atoms with van der Waals surface area (Å²) in [7, 11) is -3.57. The molecule has 1 fully saturated rings. The van der Waals surface area contributed by atoms with Crippen molar-refractivity contribution >= 4 is 31.6 Å². The van der Waals surface area contributed by atoms with Gasteiger partial charge in [-0.3, -0.25) is 0 Å². The Kier molecular flexibility index (Phi) is 5.06. The zero-order valence-corrected chi connectivity index (χ0v) is 13.5. The molecule has 0 bridgehead atoms. The highest BCUT2D eigenvalue weighted by Gasteiger charge is 2.31. The number of hydrogen-bond acceptors (Lipinski definition) is 4. The van der Waals surface area contributed by atoms with E-state index in [0.717, 1.165) is 12.8 Å². The van der Waals surface area contributed by atoms with Gasteiger partial charge in [-0.05, 0) is 43.4 Å². The molecule has 1 unspecified atom stereocenters. The van der Waals surface area contributed by atoms with Gasteiger partial charge in [-0.25, -0.2) is 8.42 Å². The number of hydrogen-bond donors (Lipinski definition) is 2. The zero-order chi connectivity index (χ0) is 14.8. The van der Waals surface area contributed by atoms with Crippen molar-refractivity contribution in [1.29, 1.82) is 0 Å². The smallest absolute Gasteiger partial charge is 0.245 e. The largest absolute Gasteiger partial charge is 0.398 e. The predicted octanol–water partition coefficient (Wildman–Crippen LogP) is 1.81. The molecule has 112 valence electrons. The SMILES string of the molecule is Nc1ccc(Br)cc1S(=O)(=O)N1CCCC(CCO)C1. The van der Waals surface area contributed by atoms with Gasteiger partial charge in [-0.1, -0.05) is 15.9 Å². The Balaban J connectivity index is 2.27. The molecule has 0 aliphatic carbocycles. The zero-order valence-electron chi connectivity index (χ0n) is 11.1. The molecule has 1 aliphatic rings. The van der Waals surface area contributed by atoms with E-state index in [1.165, 1.54) is 4.31 Å². The van der Waals surface area contributed by atoms with E-state index in [0.29, 0.717) is 24.0 Å². The summed E-state index contributed by atoms with van der Waals surface area (Å²) < 4.78 is 27.5. The maximum Gasteiger partial charge on any atom is 0.245 e. The Morgan fingerprint density at radius 1 is 1.45 bits per heavy atom. The third-order valence-electron chi connectivity index (χ3n) is 3.61. The van der Waals surface area contributed by atoms with E-state index in [2.05, 4.69) is 15.9 Å². The van der Waals surface area contributed by atoms with Crippen LogP contribution >= 0.6 is 15.9 Å². The number of nitrogens with zero attached hydrogens (tertiary/aromatic N) is 1. The Labute approximate surface area is 128 Å². The summed E-state index contributed by atoms with van der Waals surface area (Å²) >= 11 is 3.28. The van der Waals surface area contributed by atoms with Crippen LogP contribution in [0, 0.1) is 5.92 Å². The maximum atomic E-state index is 12.7. The van der Waals surface area contributed by atoms with Crippen LogP contribution < -0.4 is 5.73 Å². The van der Waals surface area contributed by atoms with Crippen molar-refractivity contribution < 1.29 is 13.5 Å². The Hall–Kier alpha value is -0.630. The Bertz CT molecular complexity index is 575. The van der Waals surface area contributed by atoms with Gasteiger partial charge in [0.2, 0.25) is 10.0 Å². The molecule has 3 N–H and O–H groups in total. The van der Waals surface area contributed by atoms with Crippen molar-refractivity contribution in [3.63, 3.8) is 0 Å². The third-order valence-corrected chi connectivity index (χ3v) is 6.03. The molecule has 1 atom stereocenters. The van der Waals surface area contributed by atoms with Crippen molar-refractivity contribution in [2.75, 3.05) is 25.4 Å². The maximum absolute atomic E-state index is 12.7. The molecule has 0 spiro atoms. The molecule has 1 aliphatic heterocycles. The lowest BCUT2D eigenvalue weighted by Crippen LogP contribution is -2.40. The van der Waals surface area contributed by atoms with Gasteiger partial charge in [0, 0.05) is 24.2 Å². The summed E-state index contributed by atoms with van der Waals surface area (Å²) in [6, 6.07) is 4.85. The van der Waals surface area contributed by atoms with E-state index in [1.807, 2.05) is 0 Å². The lowest BCUT2D eigenvalue weighted by Gasteiger charge is -2.32. The third kappa shape index (κ3) is 3.33. The van der Waals surface area contributed by atoms with E-state index in [4.69, 9.17) is 10.8 Å². The summed E-state index contributed by atoms with van der Waals surface area (Å²) in [5.41, 5.74) is 6.07. The van der Waals surface area contributed by atoms with Crippen LogP contribution in [0.15, 0.2) is 27.6 Å². The monoisotopic (exact) mass is 362 g/mol. The lowest BCUT2D eigenvalue weighted by atomic mass is 9.97. The number of piperidine rings is 1. The van der Waals surface area contributed by atoms with E-state index < -0.39 is 10.0 Å². The first-order valence-corrected chi connectivity index (χ1v) is 8.84. The molecule has 1 aromatic rings. The Morgan fingerprint density at radius 3 is 2.90 bits per heavy atom. The van der Waals surface area contributed by atoms with E-state index in [1.54, 1.807) is 18.2 Å². The second kappa shape index (κ2) is 6.43. The van der Waals surface area contributed by atoms with Gasteiger partial charge in [0.15, 0.2) is 0 Å². The molecule has 0 saturated carbocycles. The van der Waals surface area contributed by atoms with Crippen LogP contribution in [-0.2, 0) is 10.0 Å². The number of rotatable bonds is 4. The molecule has 1 heterocycles. The number of nitrogen functional groups attached to an aromatic ring is 1. The summed E-state index contributed by atoms with van der Waals surface area (Å²) in [6.07, 6.45) is 2.42. The minimum atomic E-state index is -3.57. The van der Waals surface area contributed by atoms with Crippen molar-refractivity contribution in [1.82, 2.24) is 4.31 Å². The average molecular weight is 363 g/mol. The molecule has 2 rings (SSSR count). The number of nitrogens with two attached hydrogens (primary N) is 1. The highest BCUT2D eigenvalue weighted by atomic mass is 79.9. The average Bonchev–Trinajstić information content (AvgIpc) is 2.42. The van der Waals surface area contributed by atoms with Gasteiger partial charge in [0.05, 0.1) is 5.69 Å².